The van der Waals surface area contributed by atoms with E-state index < -0.39 is 10.0 Å². The number of aryl methyl sites for hydroxylation is 1. The van der Waals surface area contributed by atoms with Gasteiger partial charge in [-0.05, 0) is 20.3 Å². The van der Waals surface area contributed by atoms with Gasteiger partial charge in [0, 0.05) is 38.1 Å². The second kappa shape index (κ2) is 4.57. The van der Waals surface area contributed by atoms with E-state index in [4.69, 9.17) is 0 Å². The molecule has 0 aromatic carbocycles. The Labute approximate surface area is 113 Å². The molecule has 1 fully saturated rings. The van der Waals surface area contributed by atoms with Crippen molar-refractivity contribution in [3.05, 3.63) is 12.0 Å². The summed E-state index contributed by atoms with van der Waals surface area (Å²) in [6, 6.07) is 0.167. The quantitative estimate of drug-likeness (QED) is 0.842. The number of hydrogen-bond donors (Lipinski definition) is 1. The standard InChI is InChI=1S/C12H20N4O2S/c1-9-8-16(10(2)6-13-9)19(17,18)12-7-14-11-4-3-5-15(11)12/h7,9-10,13H,3-6,8H2,1-2H3. The smallest absolute Gasteiger partial charge is 0.260 e. The first kappa shape index (κ1) is 13.1. The van der Waals surface area contributed by atoms with Crippen molar-refractivity contribution < 1.29 is 8.42 Å². The van der Waals surface area contributed by atoms with E-state index in [9.17, 15) is 8.42 Å². The Morgan fingerprint density at radius 1 is 1.42 bits per heavy atom. The largest absolute Gasteiger partial charge is 0.318 e. The maximum atomic E-state index is 12.8. The van der Waals surface area contributed by atoms with E-state index in [0.717, 1.165) is 25.2 Å². The molecule has 0 spiro atoms. The number of nitrogens with one attached hydrogen (secondary N) is 1. The Balaban J connectivity index is 1.97. The van der Waals surface area contributed by atoms with Crippen LogP contribution in [0.1, 0.15) is 26.1 Å². The highest BCUT2D eigenvalue weighted by Crippen LogP contribution is 2.25. The lowest BCUT2D eigenvalue weighted by Crippen LogP contribution is -2.56. The molecule has 1 saturated heterocycles. The van der Waals surface area contributed by atoms with Crippen LogP contribution in [-0.4, -0.2) is 47.4 Å². The first-order valence-corrected chi connectivity index (χ1v) is 8.24. The minimum absolute atomic E-state index is 0.0197. The van der Waals surface area contributed by atoms with E-state index in [1.54, 1.807) is 4.31 Å². The Morgan fingerprint density at radius 3 is 3.00 bits per heavy atom. The summed E-state index contributed by atoms with van der Waals surface area (Å²) in [7, 11) is -3.43. The van der Waals surface area contributed by atoms with Crippen molar-refractivity contribution in [3.63, 3.8) is 0 Å². The summed E-state index contributed by atoms with van der Waals surface area (Å²) in [5, 5.41) is 3.66. The number of piperazine rings is 1. The Kier molecular flexibility index (Phi) is 3.15. The van der Waals surface area contributed by atoms with Gasteiger partial charge < -0.3 is 9.88 Å². The van der Waals surface area contributed by atoms with Crippen LogP contribution in [0.15, 0.2) is 11.2 Å². The predicted molar refractivity (Wildman–Crippen MR) is 71.4 cm³/mol. The number of sulfonamides is 1. The lowest BCUT2D eigenvalue weighted by atomic mass is 10.2. The highest BCUT2D eigenvalue weighted by atomic mass is 32.2. The minimum Gasteiger partial charge on any atom is -0.318 e. The third-order valence-corrected chi connectivity index (χ3v) is 5.94. The van der Waals surface area contributed by atoms with Crippen molar-refractivity contribution in [3.8, 4) is 0 Å². The molecule has 7 heteroatoms. The van der Waals surface area contributed by atoms with Crippen LogP contribution in [-0.2, 0) is 23.0 Å². The molecule has 2 unspecified atom stereocenters. The average Bonchev–Trinajstić information content (AvgIpc) is 2.93. The Morgan fingerprint density at radius 2 is 2.21 bits per heavy atom. The van der Waals surface area contributed by atoms with Gasteiger partial charge >= 0.3 is 0 Å². The molecule has 0 radical (unpaired) electrons. The maximum Gasteiger partial charge on any atom is 0.260 e. The van der Waals surface area contributed by atoms with E-state index in [2.05, 4.69) is 10.3 Å². The second-order valence-electron chi connectivity index (χ2n) is 5.50. The molecule has 6 nitrogen and oxygen atoms in total. The van der Waals surface area contributed by atoms with Crippen LogP contribution in [0, 0.1) is 0 Å². The summed E-state index contributed by atoms with van der Waals surface area (Å²) in [6.07, 6.45) is 3.38. The topological polar surface area (TPSA) is 67.2 Å². The molecule has 3 heterocycles. The van der Waals surface area contributed by atoms with Crippen molar-refractivity contribution in [2.75, 3.05) is 13.1 Å². The molecule has 0 aliphatic carbocycles. The minimum atomic E-state index is -3.43. The van der Waals surface area contributed by atoms with E-state index in [-0.39, 0.29) is 12.1 Å². The van der Waals surface area contributed by atoms with Crippen molar-refractivity contribution in [1.82, 2.24) is 19.2 Å². The Hall–Kier alpha value is -0.920. The third-order valence-electron chi connectivity index (χ3n) is 3.96. The number of nitrogens with zero attached hydrogens (tertiary/aromatic N) is 3. The normalized spacial score (nSPS) is 28.5. The molecule has 1 aromatic heterocycles. The highest BCUT2D eigenvalue weighted by molar-refractivity contribution is 7.89. The molecule has 1 aromatic rings. The van der Waals surface area contributed by atoms with Gasteiger partial charge in [-0.1, -0.05) is 0 Å². The van der Waals surface area contributed by atoms with Crippen LogP contribution >= 0.6 is 0 Å². The van der Waals surface area contributed by atoms with Gasteiger partial charge in [-0.3, -0.25) is 0 Å². The first-order chi connectivity index (χ1) is 9.00. The molecule has 19 heavy (non-hydrogen) atoms. The number of fused-ring (bicyclic) bond motifs is 1. The lowest BCUT2D eigenvalue weighted by molar-refractivity contribution is 0.243. The summed E-state index contributed by atoms with van der Waals surface area (Å²) < 4.78 is 29.1. The molecular formula is C12H20N4O2S. The number of aromatic nitrogens is 2. The fourth-order valence-electron chi connectivity index (χ4n) is 2.88. The van der Waals surface area contributed by atoms with Gasteiger partial charge in [-0.2, -0.15) is 4.31 Å². The molecule has 0 bridgehead atoms. The van der Waals surface area contributed by atoms with Crippen molar-refractivity contribution in [1.29, 1.82) is 0 Å². The van der Waals surface area contributed by atoms with Crippen LogP contribution in [0.5, 0.6) is 0 Å². The average molecular weight is 284 g/mol. The van der Waals surface area contributed by atoms with Crippen molar-refractivity contribution >= 4 is 10.0 Å². The van der Waals surface area contributed by atoms with E-state index in [1.165, 1.54) is 6.20 Å². The van der Waals surface area contributed by atoms with Gasteiger partial charge in [0.15, 0.2) is 5.03 Å². The van der Waals surface area contributed by atoms with Gasteiger partial charge in [0.1, 0.15) is 5.82 Å². The zero-order valence-electron chi connectivity index (χ0n) is 11.3. The van der Waals surface area contributed by atoms with Gasteiger partial charge in [-0.15, -0.1) is 0 Å². The van der Waals surface area contributed by atoms with Crippen molar-refractivity contribution in [2.24, 2.45) is 0 Å². The van der Waals surface area contributed by atoms with Gasteiger partial charge in [0.25, 0.3) is 10.0 Å². The van der Waals surface area contributed by atoms with Crippen LogP contribution in [0.2, 0.25) is 0 Å². The fraction of sp³-hybridized carbons (Fsp3) is 0.750. The van der Waals surface area contributed by atoms with Crippen LogP contribution in [0.3, 0.4) is 0 Å². The molecule has 3 rings (SSSR count). The first-order valence-electron chi connectivity index (χ1n) is 6.80. The number of hydrogen-bond acceptors (Lipinski definition) is 4. The SMILES string of the molecule is CC1CN(S(=O)(=O)c2cnc3n2CCC3)C(C)CN1. The van der Waals surface area contributed by atoms with Gasteiger partial charge in [0.2, 0.25) is 0 Å². The zero-order valence-corrected chi connectivity index (χ0v) is 12.2. The summed E-state index contributed by atoms with van der Waals surface area (Å²) >= 11 is 0. The fourth-order valence-corrected chi connectivity index (χ4v) is 4.75. The third kappa shape index (κ3) is 2.09. The van der Waals surface area contributed by atoms with Crippen LogP contribution < -0.4 is 5.32 Å². The van der Waals surface area contributed by atoms with Gasteiger partial charge in [-0.25, -0.2) is 13.4 Å². The molecule has 0 saturated carbocycles. The monoisotopic (exact) mass is 284 g/mol. The van der Waals surface area contributed by atoms with Crippen LogP contribution in [0.4, 0.5) is 0 Å². The molecule has 2 atom stereocenters. The number of imidazole rings is 1. The van der Waals surface area contributed by atoms with Crippen LogP contribution in [0.25, 0.3) is 0 Å². The Bertz CT molecular complexity index is 581. The van der Waals surface area contributed by atoms with E-state index in [0.29, 0.717) is 18.1 Å². The van der Waals surface area contributed by atoms with Crippen molar-refractivity contribution in [2.45, 2.75) is 50.3 Å². The molecule has 2 aliphatic heterocycles. The van der Waals surface area contributed by atoms with E-state index in [1.807, 2.05) is 18.4 Å². The summed E-state index contributed by atoms with van der Waals surface area (Å²) in [5.74, 6) is 0.898. The summed E-state index contributed by atoms with van der Waals surface area (Å²) in [4.78, 5) is 4.24. The molecule has 0 amide bonds. The molecule has 106 valence electrons. The molecular weight excluding hydrogens is 264 g/mol. The second-order valence-corrected chi connectivity index (χ2v) is 7.34. The van der Waals surface area contributed by atoms with Gasteiger partial charge in [0.05, 0.1) is 6.20 Å². The summed E-state index contributed by atoms with van der Waals surface area (Å²) in [6.45, 7) is 5.93. The van der Waals surface area contributed by atoms with E-state index >= 15 is 0 Å². The predicted octanol–water partition coefficient (Wildman–Crippen LogP) is 0.200. The molecule has 1 N–H and O–H groups in total. The lowest BCUT2D eigenvalue weighted by Gasteiger charge is -2.36. The number of rotatable bonds is 2. The summed E-state index contributed by atoms with van der Waals surface area (Å²) in [5.41, 5.74) is 0. The zero-order chi connectivity index (χ0) is 13.6. The maximum absolute atomic E-state index is 12.8. The highest BCUT2D eigenvalue weighted by Gasteiger charge is 2.36. The molecule has 2 aliphatic rings.